The van der Waals surface area contributed by atoms with E-state index in [0.717, 1.165) is 22.5 Å². The number of carbonyl (C=O) groups excluding carboxylic acids is 1. The number of anilines is 1. The van der Waals surface area contributed by atoms with Crippen molar-refractivity contribution in [2.24, 2.45) is 0 Å². The van der Waals surface area contributed by atoms with E-state index in [1.54, 1.807) is 17.0 Å². The first-order valence-electron chi connectivity index (χ1n) is 9.12. The Balaban J connectivity index is 1.63. The third-order valence-electron chi connectivity index (χ3n) is 4.71. The van der Waals surface area contributed by atoms with Crippen LogP contribution < -0.4 is 5.32 Å². The first-order valence-corrected chi connectivity index (χ1v) is 11.3. The second-order valence-electron chi connectivity index (χ2n) is 6.85. The maximum absolute atomic E-state index is 13.2. The van der Waals surface area contributed by atoms with Crippen LogP contribution in [-0.4, -0.2) is 56.3 Å². The minimum absolute atomic E-state index is 0.0319. The Morgan fingerprint density at radius 3 is 2.32 bits per heavy atom. The molecule has 12 heteroatoms. The summed E-state index contributed by atoms with van der Waals surface area (Å²) in [6.07, 6.45) is -4.79. The zero-order chi connectivity index (χ0) is 22.8. The Labute approximate surface area is 187 Å². The Kier molecular flexibility index (Phi) is 7.17. The molecule has 0 radical (unpaired) electrons. The van der Waals surface area contributed by atoms with Crippen LogP contribution in [0, 0.1) is 0 Å². The van der Waals surface area contributed by atoms with Gasteiger partial charge in [-0.25, -0.2) is 8.42 Å². The zero-order valence-electron chi connectivity index (χ0n) is 16.0. The number of amides is 1. The molecule has 0 atom stereocenters. The molecule has 31 heavy (non-hydrogen) atoms. The monoisotopic (exact) mass is 495 g/mol. The molecule has 1 N–H and O–H groups in total. The van der Waals surface area contributed by atoms with Crippen molar-refractivity contribution in [3.63, 3.8) is 0 Å². The van der Waals surface area contributed by atoms with Gasteiger partial charge in [-0.3, -0.25) is 9.69 Å². The second kappa shape index (κ2) is 9.33. The Morgan fingerprint density at radius 1 is 1.03 bits per heavy atom. The van der Waals surface area contributed by atoms with Crippen LogP contribution in [0.15, 0.2) is 47.4 Å². The van der Waals surface area contributed by atoms with Gasteiger partial charge in [-0.05, 0) is 30.3 Å². The van der Waals surface area contributed by atoms with Crippen LogP contribution in [0.4, 0.5) is 18.9 Å². The topological polar surface area (TPSA) is 69.7 Å². The number of alkyl halides is 3. The lowest BCUT2D eigenvalue weighted by Crippen LogP contribution is -2.50. The molecule has 6 nitrogen and oxygen atoms in total. The molecule has 1 amide bonds. The van der Waals surface area contributed by atoms with E-state index in [-0.39, 0.29) is 38.6 Å². The highest BCUT2D eigenvalue weighted by atomic mass is 35.5. The lowest BCUT2D eigenvalue weighted by molar-refractivity contribution is -0.140. The molecule has 168 valence electrons. The summed E-state index contributed by atoms with van der Waals surface area (Å²) in [5.41, 5.74) is -0.848. The average molecular weight is 496 g/mol. The molecule has 0 bridgehead atoms. The van der Waals surface area contributed by atoms with E-state index in [1.165, 1.54) is 12.1 Å². The van der Waals surface area contributed by atoms with Gasteiger partial charge in [0.05, 0.1) is 27.7 Å². The van der Waals surface area contributed by atoms with Gasteiger partial charge in [0.1, 0.15) is 0 Å². The van der Waals surface area contributed by atoms with Crippen molar-refractivity contribution in [2.45, 2.75) is 11.1 Å². The lowest BCUT2D eigenvalue weighted by atomic mass is 10.2. The summed E-state index contributed by atoms with van der Waals surface area (Å²) in [4.78, 5) is 13.2. The van der Waals surface area contributed by atoms with Crippen molar-refractivity contribution >= 4 is 44.8 Å². The average Bonchev–Trinajstić information content (AvgIpc) is 2.70. The molecule has 1 heterocycles. The molecule has 2 aromatic rings. The molecule has 0 aliphatic carbocycles. The third kappa shape index (κ3) is 5.69. The lowest BCUT2D eigenvalue weighted by Gasteiger charge is -2.34. The molecule has 1 aliphatic heterocycles. The van der Waals surface area contributed by atoms with Gasteiger partial charge in [0, 0.05) is 31.2 Å². The SMILES string of the molecule is O=C(CN1CCN(S(=O)(=O)c2ccccc2C(F)(F)F)CC1)Nc1cc(Cl)ccc1Cl. The molecule has 2 aromatic carbocycles. The first kappa shape index (κ1) is 23.8. The highest BCUT2D eigenvalue weighted by molar-refractivity contribution is 7.89. The van der Waals surface area contributed by atoms with Crippen LogP contribution in [-0.2, 0) is 21.0 Å². The molecule has 0 saturated carbocycles. The number of hydrogen-bond acceptors (Lipinski definition) is 4. The van der Waals surface area contributed by atoms with Crippen LogP contribution in [0.5, 0.6) is 0 Å². The number of benzene rings is 2. The molecule has 3 rings (SSSR count). The van der Waals surface area contributed by atoms with E-state index in [1.807, 2.05) is 0 Å². The number of rotatable bonds is 5. The van der Waals surface area contributed by atoms with Gasteiger partial charge in [0.15, 0.2) is 0 Å². The van der Waals surface area contributed by atoms with E-state index >= 15 is 0 Å². The number of piperazine rings is 1. The van der Waals surface area contributed by atoms with Crippen LogP contribution in [0.25, 0.3) is 0 Å². The van der Waals surface area contributed by atoms with Crippen molar-refractivity contribution in [1.82, 2.24) is 9.21 Å². The largest absolute Gasteiger partial charge is 0.417 e. The van der Waals surface area contributed by atoms with Gasteiger partial charge >= 0.3 is 6.18 Å². The maximum Gasteiger partial charge on any atom is 0.417 e. The molecule has 1 aliphatic rings. The smallest absolute Gasteiger partial charge is 0.324 e. The van der Waals surface area contributed by atoms with E-state index < -0.39 is 26.7 Å². The summed E-state index contributed by atoms with van der Waals surface area (Å²) >= 11 is 11.9. The fourth-order valence-corrected chi connectivity index (χ4v) is 5.15. The standard InChI is InChI=1S/C19H18Cl2F3N3O3S/c20-13-5-6-15(21)16(11-13)25-18(28)12-26-7-9-27(10-8-26)31(29,30)17-4-2-1-3-14(17)19(22,23)24/h1-6,11H,7-10,12H2,(H,25,28). The predicted molar refractivity (Wildman–Crippen MR) is 112 cm³/mol. The van der Waals surface area contributed by atoms with Gasteiger partial charge in [0.25, 0.3) is 0 Å². The van der Waals surface area contributed by atoms with E-state index in [9.17, 15) is 26.4 Å². The van der Waals surface area contributed by atoms with Gasteiger partial charge in [0.2, 0.25) is 15.9 Å². The van der Waals surface area contributed by atoms with Gasteiger partial charge in [-0.15, -0.1) is 0 Å². The number of halogens is 5. The Hall–Kier alpha value is -1.85. The molecular weight excluding hydrogens is 478 g/mol. The summed E-state index contributed by atoms with van der Waals surface area (Å²) in [5.74, 6) is -0.372. The fraction of sp³-hybridized carbons (Fsp3) is 0.316. The highest BCUT2D eigenvalue weighted by Crippen LogP contribution is 2.35. The maximum atomic E-state index is 13.2. The number of hydrogen-bond donors (Lipinski definition) is 1. The molecule has 0 unspecified atom stereocenters. The van der Waals surface area contributed by atoms with Crippen molar-refractivity contribution in [3.05, 3.63) is 58.1 Å². The van der Waals surface area contributed by atoms with Crippen molar-refractivity contribution in [1.29, 1.82) is 0 Å². The second-order valence-corrected chi connectivity index (χ2v) is 9.60. The summed E-state index contributed by atoms with van der Waals surface area (Å²) in [5, 5.41) is 3.35. The predicted octanol–water partition coefficient (Wildman–Crippen LogP) is 3.96. The van der Waals surface area contributed by atoms with Gasteiger partial charge in [-0.1, -0.05) is 35.3 Å². The van der Waals surface area contributed by atoms with Crippen molar-refractivity contribution in [3.8, 4) is 0 Å². The van der Waals surface area contributed by atoms with Crippen molar-refractivity contribution < 1.29 is 26.4 Å². The summed E-state index contributed by atoms with van der Waals surface area (Å²) in [7, 11) is -4.33. The molecule has 0 aromatic heterocycles. The molecule has 1 fully saturated rings. The first-order chi connectivity index (χ1) is 14.5. The summed E-state index contributed by atoms with van der Waals surface area (Å²) in [6.45, 7) is 0.254. The van der Waals surface area contributed by atoms with Crippen LogP contribution in [0.1, 0.15) is 5.56 Å². The van der Waals surface area contributed by atoms with Crippen LogP contribution >= 0.6 is 23.2 Å². The molecular formula is C19H18Cl2F3N3O3S. The van der Waals surface area contributed by atoms with Crippen molar-refractivity contribution in [2.75, 3.05) is 38.0 Å². The van der Waals surface area contributed by atoms with Crippen LogP contribution in [0.2, 0.25) is 10.0 Å². The number of carbonyl (C=O) groups is 1. The normalized spacial score (nSPS) is 16.3. The summed E-state index contributed by atoms with van der Waals surface area (Å²) < 4.78 is 66.3. The quantitative estimate of drug-likeness (QED) is 0.681. The van der Waals surface area contributed by atoms with E-state index in [2.05, 4.69) is 5.32 Å². The Bertz CT molecular complexity index is 1070. The Morgan fingerprint density at radius 2 is 1.68 bits per heavy atom. The molecule has 0 spiro atoms. The summed E-state index contributed by atoms with van der Waals surface area (Å²) in [6, 6.07) is 8.72. The van der Waals surface area contributed by atoms with Gasteiger partial charge < -0.3 is 5.32 Å². The van der Waals surface area contributed by atoms with E-state index in [0.29, 0.717) is 15.7 Å². The minimum Gasteiger partial charge on any atom is -0.324 e. The van der Waals surface area contributed by atoms with Gasteiger partial charge in [-0.2, -0.15) is 17.5 Å². The highest BCUT2D eigenvalue weighted by Gasteiger charge is 2.39. The number of nitrogens with zero attached hydrogens (tertiary/aromatic N) is 2. The number of sulfonamides is 1. The fourth-order valence-electron chi connectivity index (χ4n) is 3.18. The number of nitrogens with one attached hydrogen (secondary N) is 1. The van der Waals surface area contributed by atoms with E-state index in [4.69, 9.17) is 23.2 Å². The zero-order valence-corrected chi connectivity index (χ0v) is 18.3. The third-order valence-corrected chi connectivity index (χ3v) is 7.23. The van der Waals surface area contributed by atoms with Crippen LogP contribution in [0.3, 0.4) is 0 Å². The molecule has 1 saturated heterocycles. The minimum atomic E-state index is -4.79.